The number of carbonyl (C=O) groups excluding carboxylic acids is 2. The molecule has 2 aromatic rings. The summed E-state index contributed by atoms with van der Waals surface area (Å²) in [6, 6.07) is 10.7. The molecule has 0 aromatic heterocycles. The molecule has 0 aliphatic carbocycles. The molecular weight excluding hydrogens is 470 g/mol. The first-order chi connectivity index (χ1) is 17.9. The Morgan fingerprint density at radius 3 is 2.51 bits per heavy atom. The third-order valence-corrected chi connectivity index (χ3v) is 6.99. The minimum Gasteiger partial charge on any atom is -0.480 e. The molecule has 8 nitrogen and oxygen atoms in total. The number of carbonyl (C=O) groups is 2. The van der Waals surface area contributed by atoms with Gasteiger partial charge in [0.05, 0.1) is 0 Å². The van der Waals surface area contributed by atoms with Crippen molar-refractivity contribution >= 4 is 17.5 Å². The average Bonchev–Trinajstić information content (AvgIpc) is 3.31. The van der Waals surface area contributed by atoms with Crippen molar-refractivity contribution in [3.63, 3.8) is 0 Å². The van der Waals surface area contributed by atoms with Crippen molar-refractivity contribution in [1.82, 2.24) is 10.2 Å². The molecule has 2 aliphatic rings. The number of nitrogens with one attached hydrogen (secondary N) is 1. The van der Waals surface area contributed by atoms with Crippen molar-refractivity contribution in [3.8, 4) is 17.2 Å². The lowest BCUT2D eigenvalue weighted by Crippen LogP contribution is -2.47. The molecule has 2 heterocycles. The fourth-order valence-corrected chi connectivity index (χ4v) is 4.88. The van der Waals surface area contributed by atoms with E-state index in [-0.39, 0.29) is 31.1 Å². The van der Waals surface area contributed by atoms with Gasteiger partial charge in [0.15, 0.2) is 17.6 Å². The normalized spacial score (nSPS) is 18.3. The maximum Gasteiger partial charge on any atom is 0.265 e. The van der Waals surface area contributed by atoms with Crippen LogP contribution in [-0.2, 0) is 16.1 Å². The zero-order valence-corrected chi connectivity index (χ0v) is 22.6. The summed E-state index contributed by atoms with van der Waals surface area (Å²) >= 11 is 0. The summed E-state index contributed by atoms with van der Waals surface area (Å²) in [5.41, 5.74) is 2.56. The second-order valence-corrected chi connectivity index (χ2v) is 9.88. The molecule has 0 radical (unpaired) electrons. The van der Waals surface area contributed by atoms with E-state index in [0.717, 1.165) is 37.2 Å². The molecule has 2 aliphatic heterocycles. The van der Waals surface area contributed by atoms with Crippen LogP contribution in [0, 0.1) is 5.92 Å². The second-order valence-electron chi connectivity index (χ2n) is 9.88. The quantitative estimate of drug-likeness (QED) is 0.469. The van der Waals surface area contributed by atoms with Gasteiger partial charge in [-0.1, -0.05) is 39.3 Å². The second kappa shape index (κ2) is 11.8. The van der Waals surface area contributed by atoms with Crippen LogP contribution in [0.4, 0.5) is 5.69 Å². The van der Waals surface area contributed by atoms with Gasteiger partial charge in [0, 0.05) is 43.5 Å². The number of anilines is 1. The molecule has 2 aromatic carbocycles. The molecular formula is C29H39N3O5. The van der Waals surface area contributed by atoms with Crippen LogP contribution in [0.3, 0.4) is 0 Å². The highest BCUT2D eigenvalue weighted by Crippen LogP contribution is 2.40. The minimum absolute atomic E-state index is 0.0846. The smallest absolute Gasteiger partial charge is 0.265 e. The summed E-state index contributed by atoms with van der Waals surface area (Å²) < 4.78 is 17.4. The summed E-state index contributed by atoms with van der Waals surface area (Å²) in [7, 11) is 0. The van der Waals surface area contributed by atoms with E-state index in [1.807, 2.05) is 50.2 Å². The number of nitrogens with zero attached hydrogens (tertiary/aromatic N) is 2. The van der Waals surface area contributed by atoms with E-state index in [0.29, 0.717) is 29.4 Å². The van der Waals surface area contributed by atoms with E-state index in [9.17, 15) is 9.59 Å². The molecule has 2 amide bonds. The molecule has 37 heavy (non-hydrogen) atoms. The molecule has 0 spiro atoms. The van der Waals surface area contributed by atoms with Crippen LogP contribution in [0.5, 0.6) is 17.2 Å². The van der Waals surface area contributed by atoms with Crippen molar-refractivity contribution in [2.24, 2.45) is 5.92 Å². The van der Waals surface area contributed by atoms with Crippen LogP contribution in [0.25, 0.3) is 0 Å². The molecule has 0 fully saturated rings. The van der Waals surface area contributed by atoms with Crippen molar-refractivity contribution in [2.45, 2.75) is 66.2 Å². The van der Waals surface area contributed by atoms with Gasteiger partial charge in [-0.25, -0.2) is 0 Å². The molecule has 4 rings (SSSR count). The zero-order valence-electron chi connectivity index (χ0n) is 22.6. The van der Waals surface area contributed by atoms with Crippen LogP contribution in [-0.4, -0.2) is 49.2 Å². The van der Waals surface area contributed by atoms with Crippen molar-refractivity contribution in [1.29, 1.82) is 0 Å². The number of rotatable bonds is 10. The number of unbranched alkanes of at least 4 members (excludes halogenated alkanes) is 1. The van der Waals surface area contributed by atoms with Gasteiger partial charge in [-0.3, -0.25) is 9.59 Å². The fourth-order valence-electron chi connectivity index (χ4n) is 4.88. The molecule has 0 bridgehead atoms. The first-order valence-corrected chi connectivity index (χ1v) is 13.4. The van der Waals surface area contributed by atoms with E-state index in [1.54, 1.807) is 4.90 Å². The maximum absolute atomic E-state index is 14.0. The minimum atomic E-state index is -0.820. The molecule has 2 atom stereocenters. The van der Waals surface area contributed by atoms with Crippen LogP contribution >= 0.6 is 0 Å². The van der Waals surface area contributed by atoms with Gasteiger partial charge in [-0.15, -0.1) is 0 Å². The SMILES string of the molecule is CCCCNC(=O)C1c2ccc(N(CC)CC)cc2OC(C(C)C)C(=O)N1Cc1ccc2c(c1)OCO2. The topological polar surface area (TPSA) is 80.3 Å². The molecule has 0 saturated heterocycles. The van der Waals surface area contributed by atoms with Gasteiger partial charge in [-0.2, -0.15) is 0 Å². The van der Waals surface area contributed by atoms with Gasteiger partial charge in [-0.05, 0) is 49.9 Å². The third kappa shape index (κ3) is 5.63. The Morgan fingerprint density at radius 1 is 1.05 bits per heavy atom. The van der Waals surface area contributed by atoms with Crippen LogP contribution in [0.15, 0.2) is 36.4 Å². The monoisotopic (exact) mass is 509 g/mol. The molecule has 8 heteroatoms. The molecule has 1 N–H and O–H groups in total. The molecule has 0 saturated carbocycles. The van der Waals surface area contributed by atoms with E-state index in [2.05, 4.69) is 31.0 Å². The Hall–Kier alpha value is -3.42. The van der Waals surface area contributed by atoms with Gasteiger partial charge in [0.1, 0.15) is 11.8 Å². The molecule has 200 valence electrons. The number of ether oxygens (including phenoxy) is 3. The Kier molecular flexibility index (Phi) is 8.46. The van der Waals surface area contributed by atoms with Crippen molar-refractivity contribution in [3.05, 3.63) is 47.5 Å². The van der Waals surface area contributed by atoms with E-state index in [1.165, 1.54) is 0 Å². The van der Waals surface area contributed by atoms with Crippen molar-refractivity contribution < 1.29 is 23.8 Å². The number of amides is 2. The summed E-state index contributed by atoms with van der Waals surface area (Å²) in [6.07, 6.45) is 1.12. The van der Waals surface area contributed by atoms with E-state index in [4.69, 9.17) is 14.2 Å². The van der Waals surface area contributed by atoms with E-state index >= 15 is 0 Å². The largest absolute Gasteiger partial charge is 0.480 e. The van der Waals surface area contributed by atoms with Crippen LogP contribution in [0.2, 0.25) is 0 Å². The highest BCUT2D eigenvalue weighted by Gasteiger charge is 2.42. The third-order valence-electron chi connectivity index (χ3n) is 6.99. The average molecular weight is 510 g/mol. The highest BCUT2D eigenvalue weighted by atomic mass is 16.7. The summed E-state index contributed by atoms with van der Waals surface area (Å²) in [4.78, 5) is 31.6. The van der Waals surface area contributed by atoms with Crippen LogP contribution < -0.4 is 24.4 Å². The Balaban J connectivity index is 1.79. The lowest BCUT2D eigenvalue weighted by atomic mass is 10.00. The lowest BCUT2D eigenvalue weighted by molar-refractivity contribution is -0.147. The van der Waals surface area contributed by atoms with Gasteiger partial charge < -0.3 is 29.3 Å². The number of fused-ring (bicyclic) bond motifs is 2. The zero-order chi connectivity index (χ0) is 26.5. The van der Waals surface area contributed by atoms with Crippen molar-refractivity contribution in [2.75, 3.05) is 31.3 Å². The highest BCUT2D eigenvalue weighted by molar-refractivity contribution is 5.92. The summed E-state index contributed by atoms with van der Waals surface area (Å²) in [5.74, 6) is 1.41. The maximum atomic E-state index is 14.0. The summed E-state index contributed by atoms with van der Waals surface area (Å²) in [5, 5.41) is 3.06. The number of benzene rings is 2. The first-order valence-electron chi connectivity index (χ1n) is 13.4. The lowest BCUT2D eigenvalue weighted by Gasteiger charge is -2.31. The Labute approximate surface area is 219 Å². The standard InChI is InChI=1S/C29H39N3O5/c1-6-9-14-30-28(33)26-22-12-11-21(31(7-2)8-3)16-24(22)37-27(19(4)5)29(34)32(26)17-20-10-13-23-25(15-20)36-18-35-23/h10-13,15-16,19,26-27H,6-9,14,17-18H2,1-5H3,(H,30,33). The number of hydrogen-bond acceptors (Lipinski definition) is 6. The fraction of sp³-hybridized carbons (Fsp3) is 0.517. The Morgan fingerprint density at radius 2 is 1.81 bits per heavy atom. The van der Waals surface area contributed by atoms with Crippen LogP contribution in [0.1, 0.15) is 64.6 Å². The molecule has 2 unspecified atom stereocenters. The summed E-state index contributed by atoms with van der Waals surface area (Å²) in [6.45, 7) is 12.9. The van der Waals surface area contributed by atoms with Gasteiger partial charge in [0.25, 0.3) is 5.91 Å². The van der Waals surface area contributed by atoms with Gasteiger partial charge >= 0.3 is 0 Å². The number of hydrogen-bond donors (Lipinski definition) is 1. The van der Waals surface area contributed by atoms with E-state index < -0.39 is 12.1 Å². The predicted molar refractivity (Wildman–Crippen MR) is 143 cm³/mol. The van der Waals surface area contributed by atoms with Gasteiger partial charge in [0.2, 0.25) is 12.7 Å². The first kappa shape index (κ1) is 26.6. The predicted octanol–water partition coefficient (Wildman–Crippen LogP) is 4.66. The Bertz CT molecular complexity index is 1110.